The maximum Gasteiger partial charge on any atom is 0.261 e. The van der Waals surface area contributed by atoms with Crippen molar-refractivity contribution in [1.29, 1.82) is 0 Å². The maximum atomic E-state index is 12.7. The van der Waals surface area contributed by atoms with Gasteiger partial charge in [-0.3, -0.25) is 9.29 Å². The fraction of sp³-hybridized carbons (Fsp3) is 0.174. The zero-order valence-corrected chi connectivity index (χ0v) is 18.8. The van der Waals surface area contributed by atoms with Crippen molar-refractivity contribution in [3.63, 3.8) is 0 Å². The Morgan fingerprint density at radius 3 is 2.45 bits per heavy atom. The number of unbranched alkanes of at least 4 members (excludes halogenated alkanes) is 1. The molecule has 10 heteroatoms. The summed E-state index contributed by atoms with van der Waals surface area (Å²) in [4.78, 5) is 12.4. The molecule has 2 aromatic carbocycles. The van der Waals surface area contributed by atoms with Crippen LogP contribution in [0.15, 0.2) is 84.5 Å². The van der Waals surface area contributed by atoms with Crippen LogP contribution in [-0.4, -0.2) is 34.5 Å². The second-order valence-electron chi connectivity index (χ2n) is 7.09. The summed E-state index contributed by atoms with van der Waals surface area (Å²) in [6.07, 6.45) is 8.42. The van der Waals surface area contributed by atoms with Gasteiger partial charge in [0.2, 0.25) is 5.88 Å². The van der Waals surface area contributed by atoms with Gasteiger partial charge in [0, 0.05) is 24.1 Å². The normalized spacial score (nSPS) is 11.2. The molecule has 0 saturated heterocycles. The van der Waals surface area contributed by atoms with Crippen molar-refractivity contribution in [3.05, 3.63) is 79.6 Å². The van der Waals surface area contributed by atoms with E-state index in [1.165, 1.54) is 18.5 Å². The number of nitrogens with one attached hydrogen (secondary N) is 1. The van der Waals surface area contributed by atoms with Crippen LogP contribution < -0.4 is 14.2 Å². The van der Waals surface area contributed by atoms with Gasteiger partial charge >= 0.3 is 0 Å². The number of ether oxygens (including phenoxy) is 2. The lowest BCUT2D eigenvalue weighted by atomic mass is 10.3. The third-order valence-corrected chi connectivity index (χ3v) is 6.02. The average molecular weight is 466 g/mol. The topological polar surface area (TPSA) is 108 Å². The van der Waals surface area contributed by atoms with Gasteiger partial charge in [0.1, 0.15) is 30.0 Å². The molecule has 0 amide bonds. The largest absolute Gasteiger partial charge is 0.494 e. The summed E-state index contributed by atoms with van der Waals surface area (Å²) < 4.78 is 41.0. The van der Waals surface area contributed by atoms with Crippen molar-refractivity contribution >= 4 is 15.7 Å². The Balaban J connectivity index is 1.39. The molecule has 0 spiro atoms. The summed E-state index contributed by atoms with van der Waals surface area (Å²) in [5.41, 5.74) is 0.410. The molecule has 0 aliphatic heterocycles. The number of anilines is 1. The summed E-state index contributed by atoms with van der Waals surface area (Å²) in [6.45, 7) is 2.69. The van der Waals surface area contributed by atoms with E-state index in [2.05, 4.69) is 26.6 Å². The van der Waals surface area contributed by atoms with Gasteiger partial charge < -0.3 is 9.47 Å². The first-order chi connectivity index (χ1) is 16.0. The van der Waals surface area contributed by atoms with Gasteiger partial charge in [0.15, 0.2) is 0 Å². The highest BCUT2D eigenvalue weighted by Crippen LogP contribution is 2.24. The monoisotopic (exact) mass is 465 g/mol. The highest BCUT2D eigenvalue weighted by atomic mass is 32.2. The molecule has 9 nitrogen and oxygen atoms in total. The molecular weight excluding hydrogens is 442 g/mol. The van der Waals surface area contributed by atoms with Gasteiger partial charge in [-0.1, -0.05) is 13.3 Å². The number of sulfonamides is 1. The molecular formula is C23H23N5O4S. The molecule has 0 unspecified atom stereocenters. The van der Waals surface area contributed by atoms with E-state index in [0.29, 0.717) is 35.5 Å². The van der Waals surface area contributed by atoms with Crippen LogP contribution in [0.25, 0.3) is 5.82 Å². The van der Waals surface area contributed by atoms with E-state index < -0.39 is 10.0 Å². The third-order valence-electron chi connectivity index (χ3n) is 4.63. The van der Waals surface area contributed by atoms with Crippen molar-refractivity contribution < 1.29 is 17.9 Å². The highest BCUT2D eigenvalue weighted by molar-refractivity contribution is 7.92. The number of imidazole rings is 1. The lowest BCUT2D eigenvalue weighted by Crippen LogP contribution is -2.12. The van der Waals surface area contributed by atoms with E-state index >= 15 is 0 Å². The number of benzene rings is 2. The molecule has 0 aliphatic rings. The first kappa shape index (κ1) is 22.3. The molecule has 0 bridgehead atoms. The van der Waals surface area contributed by atoms with Crippen molar-refractivity contribution in [2.45, 2.75) is 24.7 Å². The van der Waals surface area contributed by atoms with Crippen molar-refractivity contribution in [3.8, 4) is 23.2 Å². The molecule has 0 fully saturated rings. The number of hydrogen-bond acceptors (Lipinski definition) is 7. The molecule has 4 aromatic rings. The van der Waals surface area contributed by atoms with Crippen LogP contribution in [0.2, 0.25) is 0 Å². The molecule has 33 heavy (non-hydrogen) atoms. The number of aromatic nitrogens is 4. The zero-order valence-electron chi connectivity index (χ0n) is 18.0. The Bertz CT molecular complexity index is 1280. The lowest BCUT2D eigenvalue weighted by Gasteiger charge is -2.11. The molecule has 0 radical (unpaired) electrons. The Morgan fingerprint density at radius 1 is 1.00 bits per heavy atom. The van der Waals surface area contributed by atoms with Gasteiger partial charge in [-0.25, -0.2) is 23.4 Å². The van der Waals surface area contributed by atoms with E-state index in [-0.39, 0.29) is 4.90 Å². The van der Waals surface area contributed by atoms with E-state index in [0.717, 1.165) is 12.8 Å². The summed E-state index contributed by atoms with van der Waals surface area (Å²) in [5.74, 6) is 2.11. The molecule has 1 N–H and O–H groups in total. The van der Waals surface area contributed by atoms with Gasteiger partial charge in [-0.15, -0.1) is 0 Å². The van der Waals surface area contributed by atoms with E-state index in [9.17, 15) is 8.42 Å². The fourth-order valence-electron chi connectivity index (χ4n) is 2.90. The second kappa shape index (κ2) is 10.1. The summed E-state index contributed by atoms with van der Waals surface area (Å²) >= 11 is 0. The summed E-state index contributed by atoms with van der Waals surface area (Å²) in [5, 5.41) is 0. The van der Waals surface area contributed by atoms with Crippen LogP contribution >= 0.6 is 0 Å². The summed E-state index contributed by atoms with van der Waals surface area (Å²) in [7, 11) is -3.73. The van der Waals surface area contributed by atoms with E-state index in [1.807, 2.05) is 0 Å². The Morgan fingerprint density at radius 2 is 1.76 bits per heavy atom. The van der Waals surface area contributed by atoms with Crippen LogP contribution in [0.3, 0.4) is 0 Å². The van der Waals surface area contributed by atoms with Gasteiger partial charge in [0.25, 0.3) is 10.0 Å². The van der Waals surface area contributed by atoms with Crippen LogP contribution in [0, 0.1) is 0 Å². The minimum atomic E-state index is -3.73. The molecule has 0 saturated carbocycles. The van der Waals surface area contributed by atoms with E-state index in [1.54, 1.807) is 65.8 Å². The molecule has 2 aromatic heterocycles. The number of hydrogen-bond donors (Lipinski definition) is 1. The number of nitrogens with zero attached hydrogens (tertiary/aromatic N) is 4. The van der Waals surface area contributed by atoms with Crippen LogP contribution in [0.1, 0.15) is 19.8 Å². The lowest BCUT2D eigenvalue weighted by molar-refractivity contribution is 0.309. The first-order valence-corrected chi connectivity index (χ1v) is 11.9. The molecule has 2 heterocycles. The zero-order chi connectivity index (χ0) is 23.1. The Kier molecular flexibility index (Phi) is 6.84. The van der Waals surface area contributed by atoms with Gasteiger partial charge in [-0.05, 0) is 55.0 Å². The first-order valence-electron chi connectivity index (χ1n) is 10.4. The predicted molar refractivity (Wildman–Crippen MR) is 123 cm³/mol. The molecule has 0 aliphatic carbocycles. The Hall–Kier alpha value is -3.92. The average Bonchev–Trinajstić information content (AvgIpc) is 3.36. The molecule has 170 valence electrons. The minimum absolute atomic E-state index is 0.152. The van der Waals surface area contributed by atoms with Gasteiger partial charge in [-0.2, -0.15) is 0 Å². The fourth-order valence-corrected chi connectivity index (χ4v) is 3.96. The third kappa shape index (κ3) is 5.86. The van der Waals surface area contributed by atoms with Crippen LogP contribution in [0.5, 0.6) is 17.4 Å². The SMILES string of the molecule is CCCCOc1ccc(S(=O)(=O)Nc2ccc(Oc3cc(-n4ccnc4)ncn3)cc2)cc1. The molecule has 0 atom stereocenters. The minimum Gasteiger partial charge on any atom is -0.494 e. The van der Waals surface area contributed by atoms with Gasteiger partial charge in [0.05, 0.1) is 11.5 Å². The van der Waals surface area contributed by atoms with Crippen molar-refractivity contribution in [2.75, 3.05) is 11.3 Å². The predicted octanol–water partition coefficient (Wildman–Crippen LogP) is 4.43. The van der Waals surface area contributed by atoms with Crippen molar-refractivity contribution in [2.24, 2.45) is 0 Å². The van der Waals surface area contributed by atoms with Crippen LogP contribution in [0.4, 0.5) is 5.69 Å². The number of rotatable bonds is 10. The maximum absolute atomic E-state index is 12.7. The van der Waals surface area contributed by atoms with Crippen LogP contribution in [-0.2, 0) is 10.0 Å². The Labute approximate surface area is 192 Å². The highest BCUT2D eigenvalue weighted by Gasteiger charge is 2.14. The standard InChI is InChI=1S/C23H23N5O4S/c1-2-3-14-31-19-8-10-21(11-9-19)33(29,30)27-18-4-6-20(7-5-18)32-23-15-22(25-16-26-23)28-13-12-24-17-28/h4-13,15-17,27H,2-3,14H2,1H3. The smallest absolute Gasteiger partial charge is 0.261 e. The summed E-state index contributed by atoms with van der Waals surface area (Å²) in [6, 6.07) is 14.6. The van der Waals surface area contributed by atoms with Crippen molar-refractivity contribution in [1.82, 2.24) is 19.5 Å². The molecule has 4 rings (SSSR count). The van der Waals surface area contributed by atoms with E-state index in [4.69, 9.17) is 9.47 Å². The second-order valence-corrected chi connectivity index (χ2v) is 8.77. The quantitative estimate of drug-likeness (QED) is 0.345.